The molecular formula is C15H16N2O3S. The quantitative estimate of drug-likeness (QED) is 0.815. The summed E-state index contributed by atoms with van der Waals surface area (Å²) in [6.45, 7) is 5.31. The van der Waals surface area contributed by atoms with Crippen molar-refractivity contribution in [3.05, 3.63) is 34.8 Å². The number of para-hydroxylation sites is 2. The summed E-state index contributed by atoms with van der Waals surface area (Å²) in [6, 6.07) is 7.84. The van der Waals surface area contributed by atoms with Crippen LogP contribution < -0.4 is 9.64 Å². The van der Waals surface area contributed by atoms with Gasteiger partial charge in [-0.25, -0.2) is 9.78 Å². The second-order valence-electron chi connectivity index (χ2n) is 4.60. The van der Waals surface area contributed by atoms with Gasteiger partial charge in [-0.15, -0.1) is 0 Å². The van der Waals surface area contributed by atoms with Gasteiger partial charge in [0.15, 0.2) is 5.13 Å². The number of fused-ring (bicyclic) bond motifs is 1. The highest BCUT2D eigenvalue weighted by Crippen LogP contribution is 2.38. The normalized spacial score (nSPS) is 13.5. The number of rotatable bonds is 3. The second-order valence-corrected chi connectivity index (χ2v) is 5.58. The zero-order valence-corrected chi connectivity index (χ0v) is 12.8. The topological polar surface area (TPSA) is 51.7 Å². The maximum atomic E-state index is 11.9. The lowest BCUT2D eigenvalue weighted by Gasteiger charge is -2.28. The molecule has 0 saturated carbocycles. The predicted octanol–water partition coefficient (Wildman–Crippen LogP) is 3.16. The molecule has 1 aliphatic rings. The summed E-state index contributed by atoms with van der Waals surface area (Å²) in [6.07, 6.45) is 0. The highest BCUT2D eigenvalue weighted by molar-refractivity contribution is 7.17. The van der Waals surface area contributed by atoms with Crippen LogP contribution in [0.4, 0.5) is 10.8 Å². The number of carbonyl (C=O) groups is 1. The van der Waals surface area contributed by atoms with Gasteiger partial charge in [0, 0.05) is 0 Å². The molecule has 21 heavy (non-hydrogen) atoms. The van der Waals surface area contributed by atoms with Gasteiger partial charge in [-0.3, -0.25) is 0 Å². The van der Waals surface area contributed by atoms with Gasteiger partial charge >= 0.3 is 5.97 Å². The minimum Gasteiger partial charge on any atom is -0.490 e. The first kappa shape index (κ1) is 13.9. The molecule has 0 aliphatic carbocycles. The Labute approximate surface area is 127 Å². The lowest BCUT2D eigenvalue weighted by atomic mass is 10.2. The smallest absolute Gasteiger partial charge is 0.350 e. The maximum Gasteiger partial charge on any atom is 0.350 e. The van der Waals surface area contributed by atoms with Gasteiger partial charge in [0.1, 0.15) is 17.2 Å². The Morgan fingerprint density at radius 1 is 1.48 bits per heavy atom. The van der Waals surface area contributed by atoms with E-state index in [1.165, 1.54) is 11.3 Å². The second kappa shape index (κ2) is 5.73. The predicted molar refractivity (Wildman–Crippen MR) is 81.8 cm³/mol. The molecule has 5 nitrogen and oxygen atoms in total. The van der Waals surface area contributed by atoms with Crippen LogP contribution in [0, 0.1) is 6.92 Å². The van der Waals surface area contributed by atoms with Crippen molar-refractivity contribution in [3.8, 4) is 5.75 Å². The van der Waals surface area contributed by atoms with E-state index in [-0.39, 0.29) is 5.97 Å². The van der Waals surface area contributed by atoms with E-state index in [0.717, 1.165) is 16.6 Å². The van der Waals surface area contributed by atoms with E-state index >= 15 is 0 Å². The van der Waals surface area contributed by atoms with Crippen molar-refractivity contribution < 1.29 is 14.3 Å². The summed E-state index contributed by atoms with van der Waals surface area (Å²) >= 11 is 1.36. The van der Waals surface area contributed by atoms with Gasteiger partial charge in [-0.05, 0) is 26.0 Å². The van der Waals surface area contributed by atoms with Crippen LogP contribution >= 0.6 is 11.3 Å². The summed E-state index contributed by atoms with van der Waals surface area (Å²) in [5.41, 5.74) is 1.69. The Kier molecular flexibility index (Phi) is 3.79. The SMILES string of the molecule is CCOC(=O)c1sc(N2CCOc3ccccc32)nc1C. The van der Waals surface area contributed by atoms with E-state index < -0.39 is 0 Å². The van der Waals surface area contributed by atoms with Crippen LogP contribution in [-0.4, -0.2) is 30.7 Å². The van der Waals surface area contributed by atoms with Gasteiger partial charge in [0.25, 0.3) is 0 Å². The molecule has 0 bridgehead atoms. The third kappa shape index (κ3) is 2.58. The molecule has 3 rings (SSSR count). The maximum absolute atomic E-state index is 11.9. The van der Waals surface area contributed by atoms with Crippen molar-refractivity contribution in [2.24, 2.45) is 0 Å². The van der Waals surface area contributed by atoms with Gasteiger partial charge in [0.05, 0.1) is 24.5 Å². The molecule has 2 heterocycles. The molecule has 6 heteroatoms. The van der Waals surface area contributed by atoms with Crippen LogP contribution in [0.2, 0.25) is 0 Å². The van der Waals surface area contributed by atoms with Gasteiger partial charge in [-0.2, -0.15) is 0 Å². The fourth-order valence-electron chi connectivity index (χ4n) is 2.25. The third-order valence-corrected chi connectivity index (χ3v) is 4.37. The lowest BCUT2D eigenvalue weighted by Crippen LogP contribution is -2.28. The van der Waals surface area contributed by atoms with E-state index in [0.29, 0.717) is 30.3 Å². The van der Waals surface area contributed by atoms with Crippen LogP contribution in [0.15, 0.2) is 24.3 Å². The zero-order valence-electron chi connectivity index (χ0n) is 12.0. The molecule has 0 radical (unpaired) electrons. The number of anilines is 2. The number of hydrogen-bond acceptors (Lipinski definition) is 6. The molecule has 1 aromatic carbocycles. The summed E-state index contributed by atoms with van der Waals surface area (Å²) in [5.74, 6) is 0.537. The van der Waals surface area contributed by atoms with Crippen LogP contribution in [0.5, 0.6) is 5.75 Å². The van der Waals surface area contributed by atoms with Crippen molar-refractivity contribution >= 4 is 28.1 Å². The molecule has 0 atom stereocenters. The number of benzene rings is 1. The number of esters is 1. The summed E-state index contributed by atoms with van der Waals surface area (Å²) in [7, 11) is 0. The molecule has 1 aliphatic heterocycles. The largest absolute Gasteiger partial charge is 0.490 e. The fraction of sp³-hybridized carbons (Fsp3) is 0.333. The van der Waals surface area contributed by atoms with Crippen LogP contribution in [0.3, 0.4) is 0 Å². The van der Waals surface area contributed by atoms with Crippen LogP contribution in [0.1, 0.15) is 22.3 Å². The number of nitrogens with zero attached hydrogens (tertiary/aromatic N) is 2. The number of thiazole rings is 1. The van der Waals surface area contributed by atoms with E-state index in [9.17, 15) is 4.79 Å². The molecule has 110 valence electrons. The summed E-state index contributed by atoms with van der Waals surface area (Å²) in [5, 5.41) is 0.798. The van der Waals surface area contributed by atoms with Crippen molar-refractivity contribution in [1.29, 1.82) is 0 Å². The van der Waals surface area contributed by atoms with Gasteiger partial charge in [0.2, 0.25) is 0 Å². The molecule has 0 N–H and O–H groups in total. The summed E-state index contributed by atoms with van der Waals surface area (Å²) in [4.78, 5) is 19.1. The molecule has 0 amide bonds. The average Bonchev–Trinajstić information content (AvgIpc) is 2.89. The minimum absolute atomic E-state index is 0.305. The zero-order chi connectivity index (χ0) is 14.8. The molecular weight excluding hydrogens is 288 g/mol. The monoisotopic (exact) mass is 304 g/mol. The van der Waals surface area contributed by atoms with Gasteiger partial charge < -0.3 is 14.4 Å². The Morgan fingerprint density at radius 3 is 3.10 bits per heavy atom. The number of aryl methyl sites for hydroxylation is 1. The molecule has 0 spiro atoms. The Morgan fingerprint density at radius 2 is 2.29 bits per heavy atom. The highest BCUT2D eigenvalue weighted by atomic mass is 32.1. The fourth-order valence-corrected chi connectivity index (χ4v) is 3.25. The van der Waals surface area contributed by atoms with Gasteiger partial charge in [-0.1, -0.05) is 23.5 Å². The average molecular weight is 304 g/mol. The van der Waals surface area contributed by atoms with Crippen molar-refractivity contribution in [2.75, 3.05) is 24.7 Å². The molecule has 0 fully saturated rings. The first-order valence-electron chi connectivity index (χ1n) is 6.84. The lowest BCUT2D eigenvalue weighted by molar-refractivity contribution is 0.0531. The molecule has 0 saturated heterocycles. The van der Waals surface area contributed by atoms with Crippen molar-refractivity contribution in [1.82, 2.24) is 4.98 Å². The van der Waals surface area contributed by atoms with Crippen LogP contribution in [0.25, 0.3) is 0 Å². The third-order valence-electron chi connectivity index (χ3n) is 3.21. The van der Waals surface area contributed by atoms with Crippen molar-refractivity contribution in [2.45, 2.75) is 13.8 Å². The number of aromatic nitrogens is 1. The van der Waals surface area contributed by atoms with E-state index in [4.69, 9.17) is 9.47 Å². The van der Waals surface area contributed by atoms with E-state index in [1.54, 1.807) is 6.92 Å². The molecule has 0 unspecified atom stereocenters. The number of hydrogen-bond donors (Lipinski definition) is 0. The van der Waals surface area contributed by atoms with E-state index in [2.05, 4.69) is 9.88 Å². The van der Waals surface area contributed by atoms with Crippen LogP contribution in [-0.2, 0) is 4.74 Å². The standard InChI is InChI=1S/C15H16N2O3S/c1-3-19-14(18)13-10(2)16-15(21-13)17-8-9-20-12-7-5-4-6-11(12)17/h4-7H,3,8-9H2,1-2H3. The number of ether oxygens (including phenoxy) is 2. The summed E-state index contributed by atoms with van der Waals surface area (Å²) < 4.78 is 10.7. The van der Waals surface area contributed by atoms with Crippen molar-refractivity contribution in [3.63, 3.8) is 0 Å². The first-order chi connectivity index (χ1) is 10.2. The molecule has 2 aromatic rings. The number of carbonyl (C=O) groups excluding carboxylic acids is 1. The van der Waals surface area contributed by atoms with E-state index in [1.807, 2.05) is 31.2 Å². The Hall–Kier alpha value is -2.08. The highest BCUT2D eigenvalue weighted by Gasteiger charge is 2.24. The Balaban J connectivity index is 1.95. The first-order valence-corrected chi connectivity index (χ1v) is 7.66. The molecule has 1 aromatic heterocycles. The minimum atomic E-state index is -0.305. The Bertz CT molecular complexity index is 669.